The van der Waals surface area contributed by atoms with Gasteiger partial charge >= 0.3 is 0 Å². The summed E-state index contributed by atoms with van der Waals surface area (Å²) >= 11 is 1.67. The van der Waals surface area contributed by atoms with Crippen molar-refractivity contribution in [2.75, 3.05) is 13.1 Å². The third-order valence-corrected chi connectivity index (χ3v) is 5.69. The van der Waals surface area contributed by atoms with Gasteiger partial charge in [0.25, 0.3) is 5.56 Å². The Balaban J connectivity index is 1.80. The number of rotatable bonds is 5. The molecule has 0 unspecified atom stereocenters. The van der Waals surface area contributed by atoms with E-state index < -0.39 is 0 Å². The number of amides is 1. The number of hydrogen-bond donors (Lipinski definition) is 3. The first-order valence-corrected chi connectivity index (χ1v) is 9.29. The third-order valence-electron chi connectivity index (χ3n) is 4.54. The van der Waals surface area contributed by atoms with Crippen LogP contribution in [0.25, 0.3) is 10.2 Å². The van der Waals surface area contributed by atoms with E-state index in [0.29, 0.717) is 24.8 Å². The van der Waals surface area contributed by atoms with Crippen LogP contribution in [0, 0.1) is 5.92 Å². The maximum absolute atomic E-state index is 12.6. The second-order valence-corrected chi connectivity index (χ2v) is 7.73. The Morgan fingerprint density at radius 3 is 3.00 bits per heavy atom. The predicted molar refractivity (Wildman–Crippen MR) is 96.5 cm³/mol. The molecule has 3 rings (SSSR count). The first-order valence-electron chi connectivity index (χ1n) is 8.48. The summed E-state index contributed by atoms with van der Waals surface area (Å²) in [5, 5.41) is 6.80. The standard InChI is InChI=1S/C17H24N4O2S/c1-9-4-5-12-13(8-9)24-17-14(12)16(23)20-15(21-17)10(2)18-6-7-19-11(3)22/h9-10,18H,4-8H2,1-3H3,(H,19,22)(H,20,21,23)/t9-,10-/m0/s1. The van der Waals surface area contributed by atoms with E-state index in [1.807, 2.05) is 6.92 Å². The first-order chi connectivity index (χ1) is 11.5. The Kier molecular flexibility index (Phi) is 5.01. The maximum Gasteiger partial charge on any atom is 0.259 e. The summed E-state index contributed by atoms with van der Waals surface area (Å²) in [7, 11) is 0. The lowest BCUT2D eigenvalue weighted by molar-refractivity contribution is -0.118. The largest absolute Gasteiger partial charge is 0.355 e. The van der Waals surface area contributed by atoms with E-state index >= 15 is 0 Å². The van der Waals surface area contributed by atoms with E-state index in [1.165, 1.54) is 17.4 Å². The zero-order valence-corrected chi connectivity index (χ0v) is 15.2. The van der Waals surface area contributed by atoms with E-state index in [-0.39, 0.29) is 17.5 Å². The number of aromatic nitrogens is 2. The van der Waals surface area contributed by atoms with Crippen LogP contribution in [-0.2, 0) is 17.6 Å². The van der Waals surface area contributed by atoms with E-state index in [4.69, 9.17) is 4.98 Å². The number of aromatic amines is 1. The van der Waals surface area contributed by atoms with Gasteiger partial charge in [-0.25, -0.2) is 4.98 Å². The van der Waals surface area contributed by atoms with Crippen LogP contribution in [0.4, 0.5) is 0 Å². The van der Waals surface area contributed by atoms with Crippen LogP contribution in [-0.4, -0.2) is 29.0 Å². The fourth-order valence-electron chi connectivity index (χ4n) is 3.19. The molecule has 2 aromatic heterocycles. The van der Waals surface area contributed by atoms with Gasteiger partial charge in [-0.15, -0.1) is 11.3 Å². The number of aryl methyl sites for hydroxylation is 1. The van der Waals surface area contributed by atoms with Gasteiger partial charge in [0.1, 0.15) is 10.7 Å². The van der Waals surface area contributed by atoms with Crippen LogP contribution < -0.4 is 16.2 Å². The van der Waals surface area contributed by atoms with Crippen molar-refractivity contribution < 1.29 is 4.79 Å². The van der Waals surface area contributed by atoms with Crippen LogP contribution in [0.3, 0.4) is 0 Å². The molecule has 1 amide bonds. The number of carbonyl (C=O) groups excluding carboxylic acids is 1. The van der Waals surface area contributed by atoms with E-state index in [0.717, 1.165) is 29.5 Å². The lowest BCUT2D eigenvalue weighted by Crippen LogP contribution is -2.32. The molecule has 3 N–H and O–H groups in total. The highest BCUT2D eigenvalue weighted by atomic mass is 32.1. The summed E-state index contributed by atoms with van der Waals surface area (Å²) in [6.45, 7) is 6.90. The number of fused-ring (bicyclic) bond motifs is 3. The van der Waals surface area contributed by atoms with E-state index in [9.17, 15) is 9.59 Å². The summed E-state index contributed by atoms with van der Waals surface area (Å²) in [5.74, 6) is 1.29. The molecular formula is C17H24N4O2S. The molecule has 0 aliphatic heterocycles. The second-order valence-electron chi connectivity index (χ2n) is 6.64. The molecule has 2 aromatic rings. The monoisotopic (exact) mass is 348 g/mol. The number of nitrogens with zero attached hydrogens (tertiary/aromatic N) is 1. The number of thiophene rings is 1. The second kappa shape index (κ2) is 7.03. The lowest BCUT2D eigenvalue weighted by atomic mass is 9.89. The van der Waals surface area contributed by atoms with Gasteiger partial charge in [-0.05, 0) is 37.7 Å². The minimum absolute atomic E-state index is 0.0300. The number of nitrogens with one attached hydrogen (secondary N) is 3. The first kappa shape index (κ1) is 17.1. The summed E-state index contributed by atoms with van der Waals surface area (Å²) in [5.41, 5.74) is 1.18. The Bertz CT molecular complexity index is 811. The van der Waals surface area contributed by atoms with Crippen molar-refractivity contribution in [1.82, 2.24) is 20.6 Å². The molecule has 6 nitrogen and oxygen atoms in total. The zero-order valence-electron chi connectivity index (χ0n) is 14.4. The molecule has 0 aromatic carbocycles. The minimum atomic E-state index is -0.0751. The predicted octanol–water partition coefficient (Wildman–Crippen LogP) is 1.90. The van der Waals surface area contributed by atoms with E-state index in [1.54, 1.807) is 11.3 Å². The highest BCUT2D eigenvalue weighted by Crippen LogP contribution is 2.35. The quantitative estimate of drug-likeness (QED) is 0.720. The Labute approximate surface area is 145 Å². The normalized spacial score (nSPS) is 18.4. The number of H-pyrrole nitrogens is 1. The topological polar surface area (TPSA) is 86.9 Å². The Morgan fingerprint density at radius 2 is 2.25 bits per heavy atom. The molecule has 0 saturated heterocycles. The summed E-state index contributed by atoms with van der Waals surface area (Å²) in [6.07, 6.45) is 3.17. The number of hydrogen-bond acceptors (Lipinski definition) is 5. The van der Waals surface area contributed by atoms with Crippen molar-refractivity contribution in [1.29, 1.82) is 0 Å². The highest BCUT2D eigenvalue weighted by molar-refractivity contribution is 7.18. The maximum atomic E-state index is 12.6. The molecule has 0 fully saturated rings. The molecule has 0 spiro atoms. The fourth-order valence-corrected chi connectivity index (χ4v) is 4.58. The summed E-state index contributed by atoms with van der Waals surface area (Å²) in [6, 6.07) is -0.0751. The van der Waals surface area contributed by atoms with E-state index in [2.05, 4.69) is 22.5 Å². The van der Waals surface area contributed by atoms with Crippen LogP contribution in [0.5, 0.6) is 0 Å². The molecule has 0 bridgehead atoms. The molecule has 1 aliphatic carbocycles. The molecule has 7 heteroatoms. The summed E-state index contributed by atoms with van der Waals surface area (Å²) < 4.78 is 0. The van der Waals surface area contributed by atoms with Gasteiger partial charge in [-0.2, -0.15) is 0 Å². The van der Waals surface area contributed by atoms with Gasteiger partial charge in [0.2, 0.25) is 5.91 Å². The van der Waals surface area contributed by atoms with Crippen molar-refractivity contribution >= 4 is 27.5 Å². The molecular weight excluding hydrogens is 324 g/mol. The average Bonchev–Trinajstić information content (AvgIpc) is 2.88. The fraction of sp³-hybridized carbons (Fsp3) is 0.588. The SMILES string of the molecule is CC(=O)NCCN[C@@H](C)c1nc2sc3c(c2c(=O)[nH]1)CC[C@H](C)C3. The van der Waals surface area contributed by atoms with Gasteiger partial charge in [0.15, 0.2) is 0 Å². The van der Waals surface area contributed by atoms with Gasteiger partial charge in [-0.3, -0.25) is 9.59 Å². The molecule has 130 valence electrons. The molecule has 2 heterocycles. The summed E-state index contributed by atoms with van der Waals surface area (Å²) in [4.78, 5) is 33.2. The van der Waals surface area contributed by atoms with Crippen molar-refractivity contribution in [2.24, 2.45) is 5.92 Å². The highest BCUT2D eigenvalue weighted by Gasteiger charge is 2.23. The third kappa shape index (κ3) is 3.52. The average molecular weight is 348 g/mol. The van der Waals surface area contributed by atoms with Crippen LogP contribution >= 0.6 is 11.3 Å². The smallest absolute Gasteiger partial charge is 0.259 e. The van der Waals surface area contributed by atoms with Gasteiger partial charge in [0.05, 0.1) is 11.4 Å². The van der Waals surface area contributed by atoms with Crippen LogP contribution in [0.15, 0.2) is 4.79 Å². The van der Waals surface area contributed by atoms with Crippen molar-refractivity contribution in [3.05, 3.63) is 26.6 Å². The van der Waals surface area contributed by atoms with Crippen LogP contribution in [0.2, 0.25) is 0 Å². The van der Waals surface area contributed by atoms with Crippen molar-refractivity contribution in [2.45, 2.75) is 46.1 Å². The van der Waals surface area contributed by atoms with Crippen molar-refractivity contribution in [3.63, 3.8) is 0 Å². The molecule has 2 atom stereocenters. The molecule has 0 saturated carbocycles. The Hall–Kier alpha value is -1.73. The lowest BCUT2D eigenvalue weighted by Gasteiger charge is -2.17. The molecule has 24 heavy (non-hydrogen) atoms. The number of carbonyl (C=O) groups is 1. The van der Waals surface area contributed by atoms with Gasteiger partial charge in [0, 0.05) is 24.9 Å². The van der Waals surface area contributed by atoms with Crippen LogP contribution in [0.1, 0.15) is 49.5 Å². The van der Waals surface area contributed by atoms with Gasteiger partial charge in [-0.1, -0.05) is 6.92 Å². The van der Waals surface area contributed by atoms with Gasteiger partial charge < -0.3 is 15.6 Å². The zero-order chi connectivity index (χ0) is 17.3. The Morgan fingerprint density at radius 1 is 1.46 bits per heavy atom. The minimum Gasteiger partial charge on any atom is -0.355 e. The van der Waals surface area contributed by atoms with Crippen molar-refractivity contribution in [3.8, 4) is 0 Å². The molecule has 1 aliphatic rings. The molecule has 0 radical (unpaired) electrons.